The third kappa shape index (κ3) is 6.28. The average Bonchev–Trinajstić information content (AvgIpc) is 2.80. The van der Waals surface area contributed by atoms with Crippen molar-refractivity contribution in [2.45, 2.75) is 39.0 Å². The Morgan fingerprint density at radius 2 is 1.88 bits per heavy atom. The summed E-state index contributed by atoms with van der Waals surface area (Å²) in [5.41, 5.74) is 0.250. The molecular formula is C24H27Cl2N5O3. The van der Waals surface area contributed by atoms with Crippen LogP contribution in [0.1, 0.15) is 26.3 Å². The van der Waals surface area contributed by atoms with Gasteiger partial charge in [0.25, 0.3) is 0 Å². The monoisotopic (exact) mass is 503 g/mol. The maximum Gasteiger partial charge on any atom is 0.327 e. The Balaban J connectivity index is 1.91. The Morgan fingerprint density at radius 3 is 2.53 bits per heavy atom. The second-order valence-corrected chi connectivity index (χ2v) is 8.95. The molecule has 8 nitrogen and oxygen atoms in total. The van der Waals surface area contributed by atoms with Gasteiger partial charge in [-0.1, -0.05) is 35.3 Å². The van der Waals surface area contributed by atoms with E-state index in [0.717, 1.165) is 0 Å². The van der Waals surface area contributed by atoms with Crippen LogP contribution in [0.3, 0.4) is 0 Å². The zero-order chi connectivity index (χ0) is 24.9. The van der Waals surface area contributed by atoms with Crippen LogP contribution in [0.15, 0.2) is 54.7 Å². The Kier molecular flexibility index (Phi) is 8.19. The summed E-state index contributed by atoms with van der Waals surface area (Å²) in [4.78, 5) is 23.5. The van der Waals surface area contributed by atoms with Crippen LogP contribution in [0.5, 0.6) is 5.75 Å². The van der Waals surface area contributed by atoms with E-state index in [2.05, 4.69) is 20.6 Å². The van der Waals surface area contributed by atoms with Gasteiger partial charge in [-0.05, 0) is 56.7 Å². The van der Waals surface area contributed by atoms with E-state index in [9.17, 15) is 9.90 Å². The molecule has 3 N–H and O–H groups in total. The number of halogens is 2. The molecule has 0 aliphatic rings. The maximum atomic E-state index is 13.3. The van der Waals surface area contributed by atoms with Crippen molar-refractivity contribution < 1.29 is 14.6 Å². The highest BCUT2D eigenvalue weighted by Crippen LogP contribution is 2.28. The van der Waals surface area contributed by atoms with Crippen molar-refractivity contribution in [2.75, 3.05) is 17.3 Å². The van der Waals surface area contributed by atoms with Gasteiger partial charge in [0.2, 0.25) is 5.95 Å². The smallest absolute Gasteiger partial charge is 0.327 e. The Bertz CT molecular complexity index is 1140. The van der Waals surface area contributed by atoms with E-state index < -0.39 is 11.6 Å². The molecule has 0 fully saturated rings. The van der Waals surface area contributed by atoms with E-state index in [0.29, 0.717) is 32.9 Å². The Morgan fingerprint density at radius 1 is 1.18 bits per heavy atom. The predicted octanol–water partition coefficient (Wildman–Crippen LogP) is 5.41. The Labute approximate surface area is 208 Å². The molecule has 34 heavy (non-hydrogen) atoms. The number of carbonyl (C=O) groups excluding carboxylic acids is 1. The number of rotatable bonds is 8. The van der Waals surface area contributed by atoms with Gasteiger partial charge in [0.1, 0.15) is 11.6 Å². The van der Waals surface area contributed by atoms with Crippen molar-refractivity contribution in [3.8, 4) is 5.75 Å². The third-order valence-corrected chi connectivity index (χ3v) is 6.13. The highest BCUT2D eigenvalue weighted by Gasteiger charge is 2.24. The lowest BCUT2D eigenvalue weighted by atomic mass is 10.0. The van der Waals surface area contributed by atoms with Crippen LogP contribution in [0.4, 0.5) is 22.2 Å². The molecule has 3 rings (SSSR count). The highest BCUT2D eigenvalue weighted by atomic mass is 35.5. The quantitative estimate of drug-likeness (QED) is 0.379. The first kappa shape index (κ1) is 25.6. The van der Waals surface area contributed by atoms with Crippen molar-refractivity contribution in [2.24, 2.45) is 0 Å². The van der Waals surface area contributed by atoms with Crippen LogP contribution < -0.4 is 20.3 Å². The molecule has 0 radical (unpaired) electrons. The fourth-order valence-electron chi connectivity index (χ4n) is 2.93. The minimum atomic E-state index is -0.997. The molecule has 0 spiro atoms. The molecule has 3 aromatic rings. The minimum Gasteiger partial charge on any atom is -0.497 e. The number of anilines is 3. The summed E-state index contributed by atoms with van der Waals surface area (Å²) in [6.45, 7) is 5.36. The first-order valence-corrected chi connectivity index (χ1v) is 11.3. The first-order chi connectivity index (χ1) is 16.1. The second-order valence-electron chi connectivity index (χ2n) is 8.16. The van der Waals surface area contributed by atoms with Crippen LogP contribution in [0.2, 0.25) is 10.0 Å². The number of aliphatic hydroxyl groups is 1. The van der Waals surface area contributed by atoms with Gasteiger partial charge in [0, 0.05) is 18.8 Å². The lowest BCUT2D eigenvalue weighted by Gasteiger charge is -2.27. The molecule has 0 aliphatic carbocycles. The molecule has 1 heterocycles. The second kappa shape index (κ2) is 10.9. The summed E-state index contributed by atoms with van der Waals surface area (Å²) in [5, 5.41) is 17.0. The first-order valence-electron chi connectivity index (χ1n) is 10.6. The number of benzene rings is 2. The number of nitrogens with zero attached hydrogens (tertiary/aromatic N) is 3. The number of urea groups is 1. The highest BCUT2D eigenvalue weighted by molar-refractivity contribution is 6.42. The third-order valence-electron chi connectivity index (χ3n) is 5.27. The molecule has 1 atom stereocenters. The molecule has 0 bridgehead atoms. The number of hydrogen-bond acceptors (Lipinski definition) is 6. The van der Waals surface area contributed by atoms with Gasteiger partial charge in [-0.3, -0.25) is 0 Å². The van der Waals surface area contributed by atoms with E-state index >= 15 is 0 Å². The number of aromatic nitrogens is 2. The van der Waals surface area contributed by atoms with E-state index in [1.54, 1.807) is 75.7 Å². The van der Waals surface area contributed by atoms with Crippen LogP contribution in [0.25, 0.3) is 0 Å². The van der Waals surface area contributed by atoms with E-state index in [1.807, 2.05) is 6.92 Å². The van der Waals surface area contributed by atoms with E-state index in [1.165, 1.54) is 4.90 Å². The summed E-state index contributed by atoms with van der Waals surface area (Å²) < 4.78 is 5.23. The summed E-state index contributed by atoms with van der Waals surface area (Å²) >= 11 is 12.4. The van der Waals surface area contributed by atoms with Gasteiger partial charge in [-0.15, -0.1) is 0 Å². The zero-order valence-electron chi connectivity index (χ0n) is 19.3. The number of nitrogens with one attached hydrogen (secondary N) is 2. The van der Waals surface area contributed by atoms with Gasteiger partial charge < -0.3 is 20.5 Å². The number of hydrogen-bond donors (Lipinski definition) is 3. The molecule has 0 saturated heterocycles. The van der Waals surface area contributed by atoms with Crippen LogP contribution in [-0.4, -0.2) is 39.9 Å². The summed E-state index contributed by atoms with van der Waals surface area (Å²) in [6, 6.07) is 13.1. The standard InChI is InChI=1S/C24H27Cl2N5O3/c1-15(24(2,3)33)29-22-27-13-12-20(30-22)31(17-8-10-18(34-4)11-9-17)23(32)28-14-16-6-5-7-19(25)21(16)26/h5-13,15,33H,14H2,1-4H3,(H,28,32)(H,27,29,30). The van der Waals surface area contributed by atoms with Crippen molar-refractivity contribution in [3.05, 3.63) is 70.3 Å². The van der Waals surface area contributed by atoms with Crippen LogP contribution >= 0.6 is 23.2 Å². The van der Waals surface area contributed by atoms with Crippen molar-refractivity contribution in [1.82, 2.24) is 15.3 Å². The maximum absolute atomic E-state index is 13.3. The van der Waals surface area contributed by atoms with Crippen molar-refractivity contribution >= 4 is 46.7 Å². The molecule has 2 amide bonds. The summed E-state index contributed by atoms with van der Waals surface area (Å²) in [6.07, 6.45) is 1.54. The fraction of sp³-hybridized carbons (Fsp3) is 0.292. The summed E-state index contributed by atoms with van der Waals surface area (Å²) in [7, 11) is 1.57. The van der Waals surface area contributed by atoms with E-state index in [4.69, 9.17) is 27.9 Å². The SMILES string of the molecule is COc1ccc(N(C(=O)NCc2cccc(Cl)c2Cl)c2ccnc(NC(C)C(C)(C)O)n2)cc1. The van der Waals surface area contributed by atoms with Gasteiger partial charge in [0.05, 0.1) is 34.5 Å². The molecule has 180 valence electrons. The Hall–Kier alpha value is -3.07. The molecule has 0 saturated carbocycles. The van der Waals surface area contributed by atoms with E-state index in [-0.39, 0.29) is 18.5 Å². The van der Waals surface area contributed by atoms with Crippen molar-refractivity contribution in [3.63, 3.8) is 0 Å². The number of methoxy groups -OCH3 is 1. The summed E-state index contributed by atoms with van der Waals surface area (Å²) in [5.74, 6) is 1.26. The van der Waals surface area contributed by atoms with Crippen LogP contribution in [0, 0.1) is 0 Å². The topological polar surface area (TPSA) is 99.6 Å². The van der Waals surface area contributed by atoms with Gasteiger partial charge in [0.15, 0.2) is 0 Å². The van der Waals surface area contributed by atoms with Gasteiger partial charge >= 0.3 is 6.03 Å². The molecule has 1 aromatic heterocycles. The molecule has 1 unspecified atom stereocenters. The van der Waals surface area contributed by atoms with Crippen molar-refractivity contribution in [1.29, 1.82) is 0 Å². The minimum absolute atomic E-state index is 0.163. The predicted molar refractivity (Wildman–Crippen MR) is 135 cm³/mol. The lowest BCUT2D eigenvalue weighted by molar-refractivity contribution is 0.0646. The van der Waals surface area contributed by atoms with Gasteiger partial charge in [-0.2, -0.15) is 4.98 Å². The normalized spacial score (nSPS) is 12.1. The largest absolute Gasteiger partial charge is 0.497 e. The number of ether oxygens (including phenoxy) is 1. The molecular weight excluding hydrogens is 477 g/mol. The fourth-order valence-corrected chi connectivity index (χ4v) is 3.32. The number of carbonyl (C=O) groups is 1. The van der Waals surface area contributed by atoms with Crippen LogP contribution in [-0.2, 0) is 6.54 Å². The molecule has 0 aliphatic heterocycles. The average molecular weight is 504 g/mol. The lowest BCUT2D eigenvalue weighted by Crippen LogP contribution is -2.40. The van der Waals surface area contributed by atoms with Gasteiger partial charge in [-0.25, -0.2) is 14.7 Å². The zero-order valence-corrected chi connectivity index (χ0v) is 20.9. The number of amides is 2. The molecule has 2 aromatic carbocycles. The molecule has 10 heteroatoms.